The highest BCUT2D eigenvalue weighted by Crippen LogP contribution is 2.34. The van der Waals surface area contributed by atoms with Gasteiger partial charge in [-0.15, -0.1) is 11.3 Å². The minimum absolute atomic E-state index is 0.0893. The summed E-state index contributed by atoms with van der Waals surface area (Å²) in [5.74, 6) is 0.740. The monoisotopic (exact) mass is 374 g/mol. The molecule has 1 aromatic carbocycles. The van der Waals surface area contributed by atoms with E-state index in [1.54, 1.807) is 6.92 Å². The van der Waals surface area contributed by atoms with Crippen LogP contribution in [0.4, 0.5) is 0 Å². The topological polar surface area (TPSA) is 59.5 Å². The molecule has 0 fully saturated rings. The summed E-state index contributed by atoms with van der Waals surface area (Å²) in [4.78, 5) is 6.40. The summed E-state index contributed by atoms with van der Waals surface area (Å²) in [5.41, 5.74) is 1.23. The van der Waals surface area contributed by atoms with E-state index in [2.05, 4.69) is 9.88 Å². The van der Waals surface area contributed by atoms with E-state index in [0.29, 0.717) is 17.3 Å². The summed E-state index contributed by atoms with van der Waals surface area (Å²) in [6.07, 6.45) is 0.933. The maximum atomic E-state index is 11.5. The minimum atomic E-state index is -3.76. The first-order valence-corrected chi connectivity index (χ1v) is 10.2. The highest BCUT2D eigenvalue weighted by Gasteiger charge is 2.20. The number of ether oxygens (including phenoxy) is 1. The Kier molecular flexibility index (Phi) is 6.02. The standard InChI is InChI=1S/C15H19ClN2O3S2/c1-11-15(23(16,19)20)22-14(17-11)12-6-4-7-13(10-12)21-9-5-8-18(2)3/h4,6-7,10H,5,8-9H2,1-3H3. The Hall–Kier alpha value is -1.15. The molecule has 1 heterocycles. The Morgan fingerprint density at radius 1 is 1.35 bits per heavy atom. The second-order valence-electron chi connectivity index (χ2n) is 5.36. The average molecular weight is 375 g/mol. The van der Waals surface area contributed by atoms with Crippen molar-refractivity contribution >= 4 is 31.1 Å². The molecular weight excluding hydrogens is 356 g/mol. The van der Waals surface area contributed by atoms with Gasteiger partial charge in [-0.2, -0.15) is 0 Å². The zero-order chi connectivity index (χ0) is 17.0. The summed E-state index contributed by atoms with van der Waals surface area (Å²) >= 11 is 1.07. The summed E-state index contributed by atoms with van der Waals surface area (Å²) in [7, 11) is 5.70. The lowest BCUT2D eigenvalue weighted by Crippen LogP contribution is -2.15. The van der Waals surface area contributed by atoms with Crippen LogP contribution in [0.2, 0.25) is 0 Å². The number of hydrogen-bond acceptors (Lipinski definition) is 6. The molecule has 0 saturated heterocycles. The molecule has 23 heavy (non-hydrogen) atoms. The first kappa shape index (κ1) is 18.2. The minimum Gasteiger partial charge on any atom is -0.494 e. The van der Waals surface area contributed by atoms with Crippen LogP contribution in [0.15, 0.2) is 28.5 Å². The van der Waals surface area contributed by atoms with Gasteiger partial charge in [0, 0.05) is 22.8 Å². The number of hydrogen-bond donors (Lipinski definition) is 0. The lowest BCUT2D eigenvalue weighted by Gasteiger charge is -2.10. The lowest BCUT2D eigenvalue weighted by atomic mass is 10.2. The van der Waals surface area contributed by atoms with Crippen LogP contribution in [0.3, 0.4) is 0 Å². The largest absolute Gasteiger partial charge is 0.494 e. The summed E-state index contributed by atoms with van der Waals surface area (Å²) in [5, 5.41) is 0.612. The van der Waals surface area contributed by atoms with Crippen LogP contribution in [0.1, 0.15) is 12.1 Å². The van der Waals surface area contributed by atoms with Gasteiger partial charge in [-0.3, -0.25) is 0 Å². The molecule has 0 N–H and O–H groups in total. The number of thiazole rings is 1. The Morgan fingerprint density at radius 3 is 2.70 bits per heavy atom. The predicted octanol–water partition coefficient (Wildman–Crippen LogP) is 3.38. The zero-order valence-electron chi connectivity index (χ0n) is 13.2. The SMILES string of the molecule is Cc1nc(-c2cccc(OCCCN(C)C)c2)sc1S(=O)(=O)Cl. The third kappa shape index (κ3) is 5.17. The molecule has 0 spiro atoms. The van der Waals surface area contributed by atoms with Gasteiger partial charge in [0.15, 0.2) is 4.21 Å². The average Bonchev–Trinajstić information content (AvgIpc) is 2.86. The van der Waals surface area contributed by atoms with Crippen molar-refractivity contribution in [2.45, 2.75) is 17.6 Å². The zero-order valence-corrected chi connectivity index (χ0v) is 15.6. The molecule has 126 valence electrons. The normalized spacial score (nSPS) is 11.9. The fraction of sp³-hybridized carbons (Fsp3) is 0.400. The van der Waals surface area contributed by atoms with Gasteiger partial charge in [0.05, 0.1) is 12.3 Å². The maximum Gasteiger partial charge on any atom is 0.272 e. The highest BCUT2D eigenvalue weighted by atomic mass is 35.7. The number of nitrogens with zero attached hydrogens (tertiary/aromatic N) is 2. The molecule has 2 aromatic rings. The van der Waals surface area contributed by atoms with Gasteiger partial charge in [-0.1, -0.05) is 12.1 Å². The van der Waals surface area contributed by atoms with E-state index in [1.807, 2.05) is 38.4 Å². The van der Waals surface area contributed by atoms with Crippen LogP contribution in [0.25, 0.3) is 10.6 Å². The number of halogens is 1. The Balaban J connectivity index is 2.14. The molecule has 0 bridgehead atoms. The van der Waals surface area contributed by atoms with Crippen molar-refractivity contribution < 1.29 is 13.2 Å². The van der Waals surface area contributed by atoms with Crippen molar-refractivity contribution in [2.75, 3.05) is 27.2 Å². The van der Waals surface area contributed by atoms with Gasteiger partial charge in [-0.25, -0.2) is 13.4 Å². The fourth-order valence-electron chi connectivity index (χ4n) is 2.02. The van der Waals surface area contributed by atoms with Crippen LogP contribution < -0.4 is 4.74 Å². The molecule has 0 radical (unpaired) electrons. The Bertz CT molecular complexity index is 773. The molecule has 0 unspecified atom stereocenters. The molecule has 0 atom stereocenters. The Labute approximate surface area is 145 Å². The van der Waals surface area contributed by atoms with E-state index in [-0.39, 0.29) is 4.21 Å². The Morgan fingerprint density at radius 2 is 2.09 bits per heavy atom. The van der Waals surface area contributed by atoms with Crippen molar-refractivity contribution in [3.8, 4) is 16.3 Å². The van der Waals surface area contributed by atoms with Gasteiger partial charge in [0.2, 0.25) is 0 Å². The second kappa shape index (κ2) is 7.61. The third-order valence-corrected chi connectivity index (χ3v) is 6.46. The molecule has 8 heteroatoms. The number of benzene rings is 1. The van der Waals surface area contributed by atoms with E-state index in [1.165, 1.54) is 0 Å². The quantitative estimate of drug-likeness (QED) is 0.549. The van der Waals surface area contributed by atoms with Crippen molar-refractivity contribution in [1.82, 2.24) is 9.88 Å². The molecule has 2 rings (SSSR count). The van der Waals surface area contributed by atoms with Gasteiger partial charge in [-0.05, 0) is 39.6 Å². The number of aromatic nitrogens is 1. The smallest absolute Gasteiger partial charge is 0.272 e. The molecule has 0 aliphatic heterocycles. The van der Waals surface area contributed by atoms with E-state index < -0.39 is 9.05 Å². The van der Waals surface area contributed by atoms with Gasteiger partial charge in [0.1, 0.15) is 10.8 Å². The summed E-state index contributed by atoms with van der Waals surface area (Å²) < 4.78 is 28.8. The van der Waals surface area contributed by atoms with Crippen molar-refractivity contribution in [3.63, 3.8) is 0 Å². The van der Waals surface area contributed by atoms with Crippen LogP contribution in [0.5, 0.6) is 5.75 Å². The van der Waals surface area contributed by atoms with Crippen LogP contribution in [-0.4, -0.2) is 45.5 Å². The molecule has 0 amide bonds. The van der Waals surface area contributed by atoms with Crippen LogP contribution in [-0.2, 0) is 9.05 Å². The molecular formula is C15H19ClN2O3S2. The van der Waals surface area contributed by atoms with Crippen molar-refractivity contribution in [2.24, 2.45) is 0 Å². The summed E-state index contributed by atoms with van der Waals surface area (Å²) in [6.45, 7) is 3.22. The maximum absolute atomic E-state index is 11.5. The van der Waals surface area contributed by atoms with Gasteiger partial charge < -0.3 is 9.64 Å². The third-order valence-electron chi connectivity index (χ3n) is 3.07. The molecule has 0 saturated carbocycles. The molecule has 0 aliphatic carbocycles. The number of aryl methyl sites for hydroxylation is 1. The predicted molar refractivity (Wildman–Crippen MR) is 94.0 cm³/mol. The van der Waals surface area contributed by atoms with E-state index in [0.717, 1.165) is 35.6 Å². The van der Waals surface area contributed by atoms with Gasteiger partial charge in [0.25, 0.3) is 9.05 Å². The second-order valence-corrected chi connectivity index (χ2v) is 9.12. The van der Waals surface area contributed by atoms with Crippen molar-refractivity contribution in [1.29, 1.82) is 0 Å². The van der Waals surface area contributed by atoms with Crippen LogP contribution >= 0.6 is 22.0 Å². The highest BCUT2D eigenvalue weighted by molar-refractivity contribution is 8.15. The fourth-order valence-corrected chi connectivity index (χ4v) is 4.47. The van der Waals surface area contributed by atoms with E-state index >= 15 is 0 Å². The van der Waals surface area contributed by atoms with E-state index in [9.17, 15) is 8.42 Å². The lowest BCUT2D eigenvalue weighted by molar-refractivity contribution is 0.281. The molecule has 0 aliphatic rings. The molecule has 1 aromatic heterocycles. The first-order valence-electron chi connectivity index (χ1n) is 7.07. The first-order chi connectivity index (χ1) is 10.8. The van der Waals surface area contributed by atoms with Crippen LogP contribution in [0, 0.1) is 6.92 Å². The summed E-state index contributed by atoms with van der Waals surface area (Å²) in [6, 6.07) is 7.47. The van der Waals surface area contributed by atoms with E-state index in [4.69, 9.17) is 15.4 Å². The van der Waals surface area contributed by atoms with Crippen molar-refractivity contribution in [3.05, 3.63) is 30.0 Å². The molecule has 5 nitrogen and oxygen atoms in total. The van der Waals surface area contributed by atoms with Gasteiger partial charge >= 0.3 is 0 Å². The number of rotatable bonds is 7.